The number of carbonyl (C=O) groups is 2. The number of amides is 2. The summed E-state index contributed by atoms with van der Waals surface area (Å²) in [5.41, 5.74) is 2.06. The van der Waals surface area contributed by atoms with Crippen molar-refractivity contribution in [3.8, 4) is 22.1 Å². The number of halogens is 1. The average molecular weight is 567 g/mol. The molecule has 3 aromatic carbocycles. The summed E-state index contributed by atoms with van der Waals surface area (Å²) in [5, 5.41) is 14.9. The Morgan fingerprint density at radius 2 is 1.78 bits per heavy atom. The highest BCUT2D eigenvalue weighted by Crippen LogP contribution is 2.28. The molecule has 1 aromatic heterocycles. The molecule has 2 N–H and O–H groups in total. The molecule has 0 fully saturated rings. The number of aromatic nitrogens is 2. The molecule has 8 nitrogen and oxygen atoms in total. The minimum atomic E-state index is -0.870. The van der Waals surface area contributed by atoms with Crippen LogP contribution in [0.5, 0.6) is 11.5 Å². The van der Waals surface area contributed by atoms with Gasteiger partial charge in [-0.15, -0.1) is 10.2 Å². The van der Waals surface area contributed by atoms with Crippen molar-refractivity contribution in [1.82, 2.24) is 15.5 Å². The van der Waals surface area contributed by atoms with Crippen molar-refractivity contribution in [2.45, 2.75) is 12.5 Å². The van der Waals surface area contributed by atoms with Gasteiger partial charge in [-0.1, -0.05) is 69.7 Å². The summed E-state index contributed by atoms with van der Waals surface area (Å²) < 4.78 is 11.5. The Morgan fingerprint density at radius 3 is 2.50 bits per heavy atom. The minimum absolute atomic E-state index is 0.286. The molecular weight excluding hydrogens is 544 g/mol. The summed E-state index contributed by atoms with van der Waals surface area (Å²) in [4.78, 5) is 26.5. The first-order valence-electron chi connectivity index (χ1n) is 10.9. The summed E-state index contributed by atoms with van der Waals surface area (Å²) in [5.74, 6) is 0.0438. The Kier molecular flexibility index (Phi) is 8.29. The van der Waals surface area contributed by atoms with E-state index in [2.05, 4.69) is 36.8 Å². The van der Waals surface area contributed by atoms with E-state index in [0.29, 0.717) is 21.6 Å². The summed E-state index contributed by atoms with van der Waals surface area (Å²) in [6, 6.07) is 21.1. The fourth-order valence-electron chi connectivity index (χ4n) is 3.49. The number of anilines is 1. The van der Waals surface area contributed by atoms with Crippen LogP contribution in [-0.2, 0) is 11.2 Å². The third-order valence-electron chi connectivity index (χ3n) is 5.28. The van der Waals surface area contributed by atoms with Gasteiger partial charge in [0.25, 0.3) is 5.91 Å². The first-order valence-corrected chi connectivity index (χ1v) is 12.5. The lowest BCUT2D eigenvalue weighted by molar-refractivity contribution is -0.118. The molecule has 0 saturated heterocycles. The van der Waals surface area contributed by atoms with Gasteiger partial charge in [0.15, 0.2) is 0 Å². The number of rotatable bonds is 9. The second-order valence-electron chi connectivity index (χ2n) is 7.69. The smallest absolute Gasteiger partial charge is 0.255 e. The van der Waals surface area contributed by atoms with Crippen LogP contribution < -0.4 is 20.1 Å². The Balaban J connectivity index is 1.55. The maximum Gasteiger partial charge on any atom is 0.255 e. The molecule has 1 heterocycles. The van der Waals surface area contributed by atoms with Crippen LogP contribution in [-0.4, -0.2) is 42.3 Å². The largest absolute Gasteiger partial charge is 0.497 e. The summed E-state index contributed by atoms with van der Waals surface area (Å²) in [6.07, 6.45) is 0.286. The van der Waals surface area contributed by atoms with Crippen LogP contribution in [0.3, 0.4) is 0 Å². The Morgan fingerprint density at radius 1 is 0.972 bits per heavy atom. The molecule has 0 aliphatic carbocycles. The molecule has 0 saturated carbocycles. The molecule has 0 radical (unpaired) electrons. The van der Waals surface area contributed by atoms with Crippen molar-refractivity contribution < 1.29 is 19.1 Å². The van der Waals surface area contributed by atoms with Gasteiger partial charge >= 0.3 is 0 Å². The van der Waals surface area contributed by atoms with Crippen molar-refractivity contribution in [3.63, 3.8) is 0 Å². The van der Waals surface area contributed by atoms with Gasteiger partial charge in [0, 0.05) is 22.5 Å². The first kappa shape index (κ1) is 25.3. The van der Waals surface area contributed by atoms with E-state index in [1.165, 1.54) is 25.6 Å². The molecule has 2 amide bonds. The number of nitrogens with zero attached hydrogens (tertiary/aromatic N) is 2. The lowest BCUT2D eigenvalue weighted by Gasteiger charge is -2.19. The number of nitrogens with one attached hydrogen (secondary N) is 2. The van der Waals surface area contributed by atoms with Crippen LogP contribution in [0, 0.1) is 0 Å². The standard InChI is InChI=1S/C26H23BrN4O4S/c1-34-19-11-12-20(22(15-19)35-2)23(32)28-21(13-16-7-4-3-5-8-16)24(33)29-26-31-30-25(36-26)17-9-6-10-18(27)14-17/h3-12,14-15,21H,13H2,1-2H3,(H,28,32)(H,29,31,33). The number of carbonyl (C=O) groups excluding carboxylic acids is 2. The van der Waals surface area contributed by atoms with Crippen LogP contribution >= 0.6 is 27.3 Å². The number of hydrogen-bond acceptors (Lipinski definition) is 7. The lowest BCUT2D eigenvalue weighted by atomic mass is 10.0. The van der Waals surface area contributed by atoms with E-state index in [-0.39, 0.29) is 12.0 Å². The Hall–Kier alpha value is -3.76. The molecule has 4 aromatic rings. The van der Waals surface area contributed by atoms with Crippen molar-refractivity contribution in [2.75, 3.05) is 19.5 Å². The number of methoxy groups -OCH3 is 2. The number of ether oxygens (including phenoxy) is 2. The average Bonchev–Trinajstić information content (AvgIpc) is 3.37. The Bertz CT molecular complexity index is 1360. The normalized spacial score (nSPS) is 11.4. The second kappa shape index (κ2) is 11.8. The third-order valence-corrected chi connectivity index (χ3v) is 6.67. The Labute approximate surface area is 220 Å². The quantitative estimate of drug-likeness (QED) is 0.296. The van der Waals surface area contributed by atoms with Gasteiger partial charge in [-0.25, -0.2) is 0 Å². The number of benzene rings is 3. The van der Waals surface area contributed by atoms with Crippen molar-refractivity contribution in [2.24, 2.45) is 0 Å². The van der Waals surface area contributed by atoms with Crippen LogP contribution in [0.4, 0.5) is 5.13 Å². The topological polar surface area (TPSA) is 102 Å². The SMILES string of the molecule is COc1ccc(C(=O)NC(Cc2ccccc2)C(=O)Nc2nnc(-c3cccc(Br)c3)s2)c(OC)c1. The van der Waals surface area contributed by atoms with E-state index in [1.807, 2.05) is 54.6 Å². The molecule has 36 heavy (non-hydrogen) atoms. The van der Waals surface area contributed by atoms with Crippen molar-refractivity contribution >= 4 is 44.2 Å². The van der Waals surface area contributed by atoms with Crippen molar-refractivity contribution in [1.29, 1.82) is 0 Å². The number of hydrogen-bond donors (Lipinski definition) is 2. The molecule has 0 aliphatic rings. The summed E-state index contributed by atoms with van der Waals surface area (Å²) in [7, 11) is 3.00. The molecule has 0 bridgehead atoms. The van der Waals surface area contributed by atoms with E-state index < -0.39 is 17.9 Å². The third kappa shape index (κ3) is 6.27. The molecule has 1 unspecified atom stereocenters. The van der Waals surface area contributed by atoms with Crippen LogP contribution in [0.25, 0.3) is 10.6 Å². The molecule has 1 atom stereocenters. The summed E-state index contributed by atoms with van der Waals surface area (Å²) in [6.45, 7) is 0. The highest BCUT2D eigenvalue weighted by Gasteiger charge is 2.25. The molecular formula is C26H23BrN4O4S. The molecule has 0 aliphatic heterocycles. The van der Waals surface area contributed by atoms with Crippen LogP contribution in [0.15, 0.2) is 77.3 Å². The zero-order valence-electron chi connectivity index (χ0n) is 19.5. The van der Waals surface area contributed by atoms with E-state index in [9.17, 15) is 9.59 Å². The second-order valence-corrected chi connectivity index (χ2v) is 9.59. The van der Waals surface area contributed by atoms with Gasteiger partial charge in [-0.3, -0.25) is 14.9 Å². The highest BCUT2D eigenvalue weighted by atomic mass is 79.9. The molecule has 10 heteroatoms. The van der Waals surface area contributed by atoms with Gasteiger partial charge in [0.2, 0.25) is 11.0 Å². The first-order chi connectivity index (χ1) is 17.5. The van der Waals surface area contributed by atoms with E-state index in [1.54, 1.807) is 18.2 Å². The fraction of sp³-hybridized carbons (Fsp3) is 0.154. The van der Waals surface area contributed by atoms with Gasteiger partial charge in [0.1, 0.15) is 22.5 Å². The maximum atomic E-state index is 13.3. The van der Waals surface area contributed by atoms with Gasteiger partial charge in [0.05, 0.1) is 19.8 Å². The molecule has 0 spiro atoms. The van der Waals surface area contributed by atoms with E-state index in [0.717, 1.165) is 15.6 Å². The maximum absolute atomic E-state index is 13.3. The predicted molar refractivity (Wildman–Crippen MR) is 143 cm³/mol. The zero-order chi connectivity index (χ0) is 25.5. The van der Waals surface area contributed by atoms with Gasteiger partial charge in [-0.2, -0.15) is 0 Å². The van der Waals surface area contributed by atoms with E-state index in [4.69, 9.17) is 9.47 Å². The summed E-state index contributed by atoms with van der Waals surface area (Å²) >= 11 is 4.70. The van der Waals surface area contributed by atoms with Crippen LogP contribution in [0.1, 0.15) is 15.9 Å². The monoisotopic (exact) mass is 566 g/mol. The molecule has 4 rings (SSSR count). The van der Waals surface area contributed by atoms with Crippen molar-refractivity contribution in [3.05, 3.63) is 88.4 Å². The zero-order valence-corrected chi connectivity index (χ0v) is 21.9. The van der Waals surface area contributed by atoms with Gasteiger partial charge in [-0.05, 0) is 29.8 Å². The van der Waals surface area contributed by atoms with Crippen LogP contribution in [0.2, 0.25) is 0 Å². The van der Waals surface area contributed by atoms with E-state index >= 15 is 0 Å². The fourth-order valence-corrected chi connectivity index (χ4v) is 4.63. The highest BCUT2D eigenvalue weighted by molar-refractivity contribution is 9.10. The van der Waals surface area contributed by atoms with Gasteiger partial charge < -0.3 is 14.8 Å². The minimum Gasteiger partial charge on any atom is -0.497 e. The molecule has 184 valence electrons. The predicted octanol–water partition coefficient (Wildman–Crippen LogP) is 4.96. The lowest BCUT2D eigenvalue weighted by Crippen LogP contribution is -2.45.